The van der Waals surface area contributed by atoms with Gasteiger partial charge in [0, 0.05) is 17.6 Å². The molecule has 3 nitrogen and oxygen atoms in total. The van der Waals surface area contributed by atoms with Gasteiger partial charge in [-0.25, -0.2) is 0 Å². The smallest absolute Gasteiger partial charge is 0.200 e. The van der Waals surface area contributed by atoms with Crippen LogP contribution in [0.25, 0.3) is 0 Å². The molecule has 2 aromatic rings. The summed E-state index contributed by atoms with van der Waals surface area (Å²) in [6.07, 6.45) is 2.01. The van der Waals surface area contributed by atoms with Crippen LogP contribution in [0.4, 0.5) is 0 Å². The second kappa shape index (κ2) is 7.86. The van der Waals surface area contributed by atoms with Crippen molar-refractivity contribution in [1.82, 2.24) is 0 Å². The van der Waals surface area contributed by atoms with Crippen molar-refractivity contribution in [3.63, 3.8) is 0 Å². The molecule has 0 saturated heterocycles. The van der Waals surface area contributed by atoms with E-state index in [1.165, 1.54) is 0 Å². The molecule has 0 aliphatic carbocycles. The third-order valence-corrected chi connectivity index (χ3v) is 3.73. The Hall–Kier alpha value is -1.78. The number of ether oxygens (including phenoxy) is 2. The van der Waals surface area contributed by atoms with Crippen molar-refractivity contribution in [1.29, 1.82) is 0 Å². The Morgan fingerprint density at radius 2 is 1.90 bits per heavy atom. The van der Waals surface area contributed by atoms with Crippen LogP contribution >= 0.6 is 11.8 Å². The maximum atomic E-state index is 12.1. The first-order chi connectivity index (χ1) is 10.2. The van der Waals surface area contributed by atoms with Gasteiger partial charge in [-0.2, -0.15) is 0 Å². The molecule has 0 aromatic heterocycles. The van der Waals surface area contributed by atoms with Gasteiger partial charge in [0.05, 0.1) is 6.61 Å². The molecule has 0 bridgehead atoms. The molecule has 0 fully saturated rings. The van der Waals surface area contributed by atoms with Gasteiger partial charge in [0.25, 0.3) is 0 Å². The predicted molar refractivity (Wildman–Crippen MR) is 85.2 cm³/mol. The number of carbonyl (C=O) groups is 1. The fourth-order valence-corrected chi connectivity index (χ4v) is 2.31. The van der Waals surface area contributed by atoms with Crippen LogP contribution in [0.1, 0.15) is 15.9 Å². The van der Waals surface area contributed by atoms with Gasteiger partial charge in [-0.05, 0) is 36.1 Å². The molecule has 0 saturated carbocycles. The van der Waals surface area contributed by atoms with Gasteiger partial charge in [0.1, 0.15) is 5.75 Å². The fraction of sp³-hybridized carbons (Fsp3) is 0.235. The second-order valence-corrected chi connectivity index (χ2v) is 5.40. The molecule has 4 heteroatoms. The van der Waals surface area contributed by atoms with Gasteiger partial charge in [-0.15, -0.1) is 11.8 Å². The molecule has 0 radical (unpaired) electrons. The topological polar surface area (TPSA) is 35.5 Å². The third-order valence-electron chi connectivity index (χ3n) is 2.99. The molecule has 2 rings (SSSR count). The number of methoxy groups -OCH3 is 1. The number of Topliss-reactive ketones (excluding diaryl/α,β-unsaturated/α-hetero) is 1. The minimum absolute atomic E-state index is 0.0280. The van der Waals surface area contributed by atoms with Crippen molar-refractivity contribution in [2.24, 2.45) is 0 Å². The zero-order chi connectivity index (χ0) is 15.1. The Kier molecular flexibility index (Phi) is 5.84. The highest BCUT2D eigenvalue weighted by atomic mass is 32.2. The Balaban J connectivity index is 1.95. The van der Waals surface area contributed by atoms with Crippen molar-refractivity contribution < 1.29 is 14.3 Å². The number of rotatable bonds is 7. The van der Waals surface area contributed by atoms with Crippen molar-refractivity contribution in [3.05, 3.63) is 59.7 Å². The maximum Gasteiger partial charge on any atom is 0.200 e. The monoisotopic (exact) mass is 302 g/mol. The normalized spacial score (nSPS) is 10.4. The van der Waals surface area contributed by atoms with Gasteiger partial charge in [0.2, 0.25) is 0 Å². The zero-order valence-electron chi connectivity index (χ0n) is 12.2. The molecule has 0 heterocycles. The van der Waals surface area contributed by atoms with Crippen LogP contribution < -0.4 is 4.74 Å². The van der Waals surface area contributed by atoms with Crippen molar-refractivity contribution in [2.75, 3.05) is 20.0 Å². The third kappa shape index (κ3) is 4.62. The summed E-state index contributed by atoms with van der Waals surface area (Å²) in [6.45, 7) is 0.566. The lowest BCUT2D eigenvalue weighted by Crippen LogP contribution is -2.11. The molecule has 21 heavy (non-hydrogen) atoms. The molecule has 2 aromatic carbocycles. The van der Waals surface area contributed by atoms with E-state index < -0.39 is 0 Å². The van der Waals surface area contributed by atoms with E-state index in [0.29, 0.717) is 17.9 Å². The number of benzene rings is 2. The summed E-state index contributed by atoms with van der Waals surface area (Å²) in [5.74, 6) is 0.651. The summed E-state index contributed by atoms with van der Waals surface area (Å²) < 4.78 is 10.6. The van der Waals surface area contributed by atoms with E-state index in [-0.39, 0.29) is 12.4 Å². The number of ketones is 1. The van der Waals surface area contributed by atoms with Crippen LogP contribution in [0, 0.1) is 0 Å². The van der Waals surface area contributed by atoms with E-state index >= 15 is 0 Å². The highest BCUT2D eigenvalue weighted by Gasteiger charge is 2.07. The van der Waals surface area contributed by atoms with Gasteiger partial charge in [-0.3, -0.25) is 4.79 Å². The summed E-state index contributed by atoms with van der Waals surface area (Å²) in [5.41, 5.74) is 1.69. The molecule has 0 amide bonds. The average molecular weight is 302 g/mol. The Labute approximate surface area is 129 Å². The van der Waals surface area contributed by atoms with Gasteiger partial charge in [-0.1, -0.05) is 24.3 Å². The molecule has 0 unspecified atom stereocenters. The lowest BCUT2D eigenvalue weighted by atomic mass is 10.1. The van der Waals surface area contributed by atoms with Crippen LogP contribution in [-0.4, -0.2) is 25.8 Å². The summed E-state index contributed by atoms with van der Waals surface area (Å²) in [5, 5.41) is 0. The van der Waals surface area contributed by atoms with E-state index in [4.69, 9.17) is 9.47 Å². The van der Waals surface area contributed by atoms with Crippen molar-refractivity contribution >= 4 is 17.5 Å². The zero-order valence-corrected chi connectivity index (χ0v) is 13.0. The summed E-state index contributed by atoms with van der Waals surface area (Å²) in [6, 6.07) is 15.1. The molecule has 0 spiro atoms. The van der Waals surface area contributed by atoms with Crippen molar-refractivity contribution in [3.8, 4) is 5.75 Å². The van der Waals surface area contributed by atoms with E-state index in [1.807, 2.05) is 54.8 Å². The van der Waals surface area contributed by atoms with Crippen molar-refractivity contribution in [2.45, 2.75) is 11.5 Å². The van der Waals surface area contributed by atoms with Crippen LogP contribution in [0.15, 0.2) is 53.4 Å². The standard InChI is InChI=1S/C17H18O3S/c1-19-11-13-4-3-5-15(10-13)20-12-17(18)14-6-8-16(21-2)9-7-14/h3-10H,11-12H2,1-2H3. The molecule has 110 valence electrons. The fourth-order valence-electron chi connectivity index (χ4n) is 1.90. The molecule has 0 N–H and O–H groups in total. The van der Waals surface area contributed by atoms with Gasteiger partial charge < -0.3 is 9.47 Å². The first-order valence-electron chi connectivity index (χ1n) is 6.61. The minimum Gasteiger partial charge on any atom is -0.485 e. The quantitative estimate of drug-likeness (QED) is 0.575. The SMILES string of the molecule is COCc1cccc(OCC(=O)c2ccc(SC)cc2)c1. The lowest BCUT2D eigenvalue weighted by molar-refractivity contribution is 0.0921. The first-order valence-corrected chi connectivity index (χ1v) is 7.83. The minimum atomic E-state index is -0.0280. The number of carbonyl (C=O) groups excluding carboxylic acids is 1. The highest BCUT2D eigenvalue weighted by Crippen LogP contribution is 2.17. The van der Waals surface area contributed by atoms with E-state index in [1.54, 1.807) is 18.9 Å². The van der Waals surface area contributed by atoms with Crippen LogP contribution in [-0.2, 0) is 11.3 Å². The highest BCUT2D eigenvalue weighted by molar-refractivity contribution is 7.98. The van der Waals surface area contributed by atoms with Crippen LogP contribution in [0.2, 0.25) is 0 Å². The van der Waals surface area contributed by atoms with E-state index in [2.05, 4.69) is 0 Å². The van der Waals surface area contributed by atoms with E-state index in [9.17, 15) is 4.79 Å². The number of hydrogen-bond acceptors (Lipinski definition) is 4. The number of hydrogen-bond donors (Lipinski definition) is 0. The predicted octanol–water partition coefficient (Wildman–Crippen LogP) is 3.82. The maximum absolute atomic E-state index is 12.1. The Bertz CT molecular complexity index is 593. The Morgan fingerprint density at radius 1 is 1.14 bits per heavy atom. The largest absolute Gasteiger partial charge is 0.485 e. The molecular formula is C17H18O3S. The van der Waals surface area contributed by atoms with Crippen LogP contribution in [0.3, 0.4) is 0 Å². The summed E-state index contributed by atoms with van der Waals surface area (Å²) in [7, 11) is 1.65. The summed E-state index contributed by atoms with van der Waals surface area (Å²) in [4.78, 5) is 13.2. The van der Waals surface area contributed by atoms with Gasteiger partial charge >= 0.3 is 0 Å². The second-order valence-electron chi connectivity index (χ2n) is 4.52. The molecule has 0 atom stereocenters. The summed E-state index contributed by atoms with van der Waals surface area (Å²) >= 11 is 1.65. The number of thioether (sulfide) groups is 1. The lowest BCUT2D eigenvalue weighted by Gasteiger charge is -2.07. The molecule has 0 aliphatic heterocycles. The molecular weight excluding hydrogens is 284 g/mol. The Morgan fingerprint density at radius 3 is 2.57 bits per heavy atom. The first kappa shape index (κ1) is 15.6. The van der Waals surface area contributed by atoms with Crippen LogP contribution in [0.5, 0.6) is 5.75 Å². The van der Waals surface area contributed by atoms with E-state index in [0.717, 1.165) is 10.5 Å². The molecule has 0 aliphatic rings. The van der Waals surface area contributed by atoms with Gasteiger partial charge in [0.15, 0.2) is 12.4 Å². The average Bonchev–Trinajstić information content (AvgIpc) is 2.53.